The largest absolute Gasteiger partial charge is 0.460 e. The molecular formula is C13H9F9O2. The lowest BCUT2D eigenvalue weighted by molar-refractivity contribution is -0.398. The zero-order valence-electron chi connectivity index (χ0n) is 11.5. The van der Waals surface area contributed by atoms with E-state index in [0.717, 1.165) is 12.1 Å². The summed E-state index contributed by atoms with van der Waals surface area (Å²) in [5.41, 5.74) is -0.282. The van der Waals surface area contributed by atoms with E-state index >= 15 is 0 Å². The Hall–Kier alpha value is -1.94. The van der Waals surface area contributed by atoms with Crippen molar-refractivity contribution in [2.45, 2.75) is 36.5 Å². The zero-order chi connectivity index (χ0) is 18.8. The molecule has 136 valence electrons. The first-order valence-corrected chi connectivity index (χ1v) is 6.12. The molecule has 1 rings (SSSR count). The number of ether oxygens (including phenoxy) is 1. The van der Waals surface area contributed by atoms with Crippen LogP contribution in [0.2, 0.25) is 0 Å². The molecule has 0 aliphatic rings. The molecule has 1 atom stereocenters. The molecule has 0 aliphatic heterocycles. The Balaban J connectivity index is 3.19. The van der Waals surface area contributed by atoms with E-state index in [1.165, 1.54) is 18.2 Å². The van der Waals surface area contributed by atoms with Gasteiger partial charge < -0.3 is 4.74 Å². The summed E-state index contributed by atoms with van der Waals surface area (Å²) < 4.78 is 119. The average Bonchev–Trinajstić information content (AvgIpc) is 2.46. The molecular weight excluding hydrogens is 359 g/mol. The molecule has 1 unspecified atom stereocenters. The average molecular weight is 368 g/mol. The molecule has 1 aromatic carbocycles. The van der Waals surface area contributed by atoms with Crippen molar-refractivity contribution in [1.82, 2.24) is 0 Å². The van der Waals surface area contributed by atoms with Crippen LogP contribution in [0.4, 0.5) is 39.5 Å². The van der Waals surface area contributed by atoms with E-state index in [4.69, 9.17) is 0 Å². The standard InChI is InChI=1S/C13H9F9O2/c14-10(15,11(16,17)12(18,19)13(20,21)22)6-9(24-7-23)8-4-2-1-3-5-8/h1-5,7,9H,6H2. The van der Waals surface area contributed by atoms with Crippen LogP contribution >= 0.6 is 0 Å². The number of carbonyl (C=O) groups is 1. The van der Waals surface area contributed by atoms with E-state index in [0.29, 0.717) is 0 Å². The Morgan fingerprint density at radius 2 is 1.38 bits per heavy atom. The zero-order valence-corrected chi connectivity index (χ0v) is 11.5. The highest BCUT2D eigenvalue weighted by molar-refractivity contribution is 5.38. The van der Waals surface area contributed by atoms with Crippen molar-refractivity contribution in [1.29, 1.82) is 0 Å². The van der Waals surface area contributed by atoms with Crippen LogP contribution < -0.4 is 0 Å². The fourth-order valence-electron chi connectivity index (χ4n) is 1.75. The Morgan fingerprint density at radius 1 is 0.875 bits per heavy atom. The summed E-state index contributed by atoms with van der Waals surface area (Å²) in [5.74, 6) is -19.6. The van der Waals surface area contributed by atoms with Crippen LogP contribution in [0.25, 0.3) is 0 Å². The van der Waals surface area contributed by atoms with Gasteiger partial charge in [-0.3, -0.25) is 4.79 Å². The summed E-state index contributed by atoms with van der Waals surface area (Å²) in [6.45, 7) is -0.409. The van der Waals surface area contributed by atoms with Gasteiger partial charge in [0, 0.05) is 0 Å². The molecule has 0 bridgehead atoms. The lowest BCUT2D eigenvalue weighted by atomic mass is 9.95. The fourth-order valence-corrected chi connectivity index (χ4v) is 1.75. The molecule has 0 radical (unpaired) electrons. The second kappa shape index (κ2) is 6.52. The highest BCUT2D eigenvalue weighted by atomic mass is 19.4. The van der Waals surface area contributed by atoms with Crippen LogP contribution in [0.5, 0.6) is 0 Å². The Labute approximate surface area is 129 Å². The minimum absolute atomic E-state index is 0.282. The molecule has 0 aromatic heterocycles. The molecule has 11 heteroatoms. The van der Waals surface area contributed by atoms with E-state index < -0.39 is 42.9 Å². The molecule has 0 saturated carbocycles. The number of carbonyl (C=O) groups excluding carboxylic acids is 1. The van der Waals surface area contributed by atoms with Crippen molar-refractivity contribution in [3.8, 4) is 0 Å². The van der Waals surface area contributed by atoms with Crippen LogP contribution in [-0.2, 0) is 9.53 Å². The maximum Gasteiger partial charge on any atom is 0.460 e. The topological polar surface area (TPSA) is 26.3 Å². The predicted octanol–water partition coefficient (Wildman–Crippen LogP) is 4.76. The third kappa shape index (κ3) is 3.59. The Bertz CT molecular complexity index is 554. The SMILES string of the molecule is O=COC(CC(F)(F)C(F)(F)C(F)(F)C(F)(F)F)c1ccccc1. The lowest BCUT2D eigenvalue weighted by Gasteiger charge is -2.34. The summed E-state index contributed by atoms with van der Waals surface area (Å²) >= 11 is 0. The number of benzene rings is 1. The van der Waals surface area contributed by atoms with Gasteiger partial charge in [-0.15, -0.1) is 0 Å². The summed E-state index contributed by atoms with van der Waals surface area (Å²) in [6, 6.07) is 5.94. The van der Waals surface area contributed by atoms with Gasteiger partial charge in [0.1, 0.15) is 6.10 Å². The van der Waals surface area contributed by atoms with Gasteiger partial charge in [0.2, 0.25) is 0 Å². The number of halogens is 9. The number of hydrogen-bond donors (Lipinski definition) is 0. The molecule has 1 aromatic rings. The van der Waals surface area contributed by atoms with Crippen molar-refractivity contribution in [2.24, 2.45) is 0 Å². The van der Waals surface area contributed by atoms with Gasteiger partial charge in [-0.05, 0) is 5.56 Å². The van der Waals surface area contributed by atoms with Crippen LogP contribution in [0.15, 0.2) is 30.3 Å². The molecule has 2 nitrogen and oxygen atoms in total. The van der Waals surface area contributed by atoms with Crippen molar-refractivity contribution in [2.75, 3.05) is 0 Å². The first-order chi connectivity index (χ1) is 10.8. The van der Waals surface area contributed by atoms with Gasteiger partial charge in [-0.25, -0.2) is 0 Å². The molecule has 0 N–H and O–H groups in total. The normalized spacial score (nSPS) is 15.0. The predicted molar refractivity (Wildman–Crippen MR) is 61.8 cm³/mol. The Morgan fingerprint density at radius 3 is 1.79 bits per heavy atom. The molecule has 24 heavy (non-hydrogen) atoms. The summed E-state index contributed by atoms with van der Waals surface area (Å²) in [6.07, 6.45) is -11.3. The first-order valence-electron chi connectivity index (χ1n) is 6.12. The van der Waals surface area contributed by atoms with Crippen molar-refractivity contribution in [3.63, 3.8) is 0 Å². The van der Waals surface area contributed by atoms with E-state index in [2.05, 4.69) is 4.74 Å². The van der Waals surface area contributed by atoms with E-state index in [-0.39, 0.29) is 5.56 Å². The van der Waals surface area contributed by atoms with Gasteiger partial charge in [0.05, 0.1) is 6.42 Å². The van der Waals surface area contributed by atoms with Crippen LogP contribution in [0.3, 0.4) is 0 Å². The van der Waals surface area contributed by atoms with Gasteiger partial charge in [-0.1, -0.05) is 30.3 Å². The molecule has 0 fully saturated rings. The van der Waals surface area contributed by atoms with Crippen LogP contribution in [0.1, 0.15) is 18.1 Å². The van der Waals surface area contributed by atoms with Crippen LogP contribution in [0, 0.1) is 0 Å². The van der Waals surface area contributed by atoms with Gasteiger partial charge in [-0.2, -0.15) is 39.5 Å². The lowest BCUT2D eigenvalue weighted by Crippen LogP contribution is -2.61. The highest BCUT2D eigenvalue weighted by Gasteiger charge is 2.81. The van der Waals surface area contributed by atoms with Gasteiger partial charge in [0.25, 0.3) is 6.47 Å². The summed E-state index contributed by atoms with van der Waals surface area (Å²) in [5, 5.41) is 0. The van der Waals surface area contributed by atoms with E-state index in [1.807, 2.05) is 0 Å². The molecule has 0 aliphatic carbocycles. The quantitative estimate of drug-likeness (QED) is 0.513. The first kappa shape index (κ1) is 20.1. The maximum absolute atomic E-state index is 13.6. The van der Waals surface area contributed by atoms with Crippen molar-refractivity contribution in [3.05, 3.63) is 35.9 Å². The van der Waals surface area contributed by atoms with Gasteiger partial charge in [0.15, 0.2) is 0 Å². The summed E-state index contributed by atoms with van der Waals surface area (Å²) in [4.78, 5) is 10.3. The Kier molecular flexibility index (Phi) is 5.46. The monoisotopic (exact) mass is 368 g/mol. The second-order valence-corrected chi connectivity index (χ2v) is 4.69. The van der Waals surface area contributed by atoms with Crippen LogP contribution in [-0.4, -0.2) is 30.4 Å². The highest BCUT2D eigenvalue weighted by Crippen LogP contribution is 2.55. The van der Waals surface area contributed by atoms with E-state index in [9.17, 15) is 44.3 Å². The molecule has 0 amide bonds. The van der Waals surface area contributed by atoms with Crippen molar-refractivity contribution >= 4 is 6.47 Å². The number of rotatable bonds is 7. The second-order valence-electron chi connectivity index (χ2n) is 4.69. The molecule has 0 heterocycles. The fraction of sp³-hybridized carbons (Fsp3) is 0.462. The third-order valence-corrected chi connectivity index (χ3v) is 3.04. The summed E-state index contributed by atoms with van der Waals surface area (Å²) in [7, 11) is 0. The molecule has 0 saturated heterocycles. The van der Waals surface area contributed by atoms with Crippen molar-refractivity contribution < 1.29 is 49.0 Å². The number of hydrogen-bond acceptors (Lipinski definition) is 2. The third-order valence-electron chi connectivity index (χ3n) is 3.04. The van der Waals surface area contributed by atoms with Gasteiger partial charge >= 0.3 is 23.9 Å². The van der Waals surface area contributed by atoms with E-state index in [1.54, 1.807) is 0 Å². The minimum Gasteiger partial charge on any atom is -0.459 e. The minimum atomic E-state index is -6.98. The maximum atomic E-state index is 13.6. The smallest absolute Gasteiger partial charge is 0.459 e. The number of alkyl halides is 9. The molecule has 0 spiro atoms.